The molecule has 0 saturated carbocycles. The molecule has 1 heterocycles. The molecule has 0 aromatic heterocycles. The average molecular weight is 391 g/mol. The first-order valence-electron chi connectivity index (χ1n) is 8.69. The molecule has 6 nitrogen and oxygen atoms in total. The number of aliphatic hydroxyl groups is 1. The first-order chi connectivity index (χ1) is 12.5. The lowest BCUT2D eigenvalue weighted by molar-refractivity contribution is -0.900. The molecule has 1 saturated heterocycles. The van der Waals surface area contributed by atoms with Crippen LogP contribution in [-0.4, -0.2) is 61.1 Å². The number of carbonyl (C=O) groups is 1. The number of carbonyl (C=O) groups excluding carboxylic acids is 1. The van der Waals surface area contributed by atoms with Gasteiger partial charge in [-0.3, -0.25) is 4.79 Å². The van der Waals surface area contributed by atoms with Crippen LogP contribution in [0.5, 0.6) is 0 Å². The fourth-order valence-electron chi connectivity index (χ4n) is 3.30. The van der Waals surface area contributed by atoms with Crippen molar-refractivity contribution < 1.29 is 27.4 Å². The fraction of sp³-hybridized carbons (Fsp3) is 0.350. The second-order valence-electron chi connectivity index (χ2n) is 7.41. The largest absolute Gasteiger partial charge is 0.744 e. The van der Waals surface area contributed by atoms with E-state index < -0.39 is 15.7 Å². The SMILES string of the molecule is C[N+]1(C)CCCC(O)(C(=O)c2ccccc2)C1.O=S(=O)([O-])c1ccccc1. The minimum atomic E-state index is -4.25. The molecule has 27 heavy (non-hydrogen) atoms. The maximum absolute atomic E-state index is 12.3. The van der Waals surface area contributed by atoms with Gasteiger partial charge in [-0.2, -0.15) is 0 Å². The van der Waals surface area contributed by atoms with Crippen LogP contribution in [0.25, 0.3) is 0 Å². The summed E-state index contributed by atoms with van der Waals surface area (Å²) >= 11 is 0. The molecular formula is C20H25NO5S. The second kappa shape index (κ2) is 8.31. The number of piperidine rings is 1. The van der Waals surface area contributed by atoms with Gasteiger partial charge in [-0.25, -0.2) is 8.42 Å². The van der Waals surface area contributed by atoms with Gasteiger partial charge >= 0.3 is 0 Å². The molecule has 1 N–H and O–H groups in total. The van der Waals surface area contributed by atoms with Crippen LogP contribution in [0, 0.1) is 0 Å². The van der Waals surface area contributed by atoms with E-state index in [-0.39, 0.29) is 10.7 Å². The van der Waals surface area contributed by atoms with Crippen LogP contribution in [0.4, 0.5) is 0 Å². The van der Waals surface area contributed by atoms with Crippen LogP contribution < -0.4 is 0 Å². The topological polar surface area (TPSA) is 94.5 Å². The number of benzene rings is 2. The molecule has 0 aliphatic carbocycles. The maximum Gasteiger partial charge on any atom is 0.200 e. The number of nitrogens with zero attached hydrogens (tertiary/aromatic N) is 1. The molecule has 2 aromatic rings. The van der Waals surface area contributed by atoms with Gasteiger partial charge in [0.25, 0.3) is 0 Å². The van der Waals surface area contributed by atoms with E-state index in [1.807, 2.05) is 18.2 Å². The van der Waals surface area contributed by atoms with E-state index in [0.717, 1.165) is 13.0 Å². The van der Waals surface area contributed by atoms with Crippen LogP contribution in [-0.2, 0) is 10.1 Å². The predicted molar refractivity (Wildman–Crippen MR) is 101 cm³/mol. The highest BCUT2D eigenvalue weighted by Gasteiger charge is 2.45. The Bertz CT molecular complexity index is 866. The maximum atomic E-state index is 12.3. The summed E-state index contributed by atoms with van der Waals surface area (Å²) in [5.41, 5.74) is -0.583. The van der Waals surface area contributed by atoms with E-state index in [9.17, 15) is 22.9 Å². The first-order valence-corrected chi connectivity index (χ1v) is 10.1. The molecule has 0 bridgehead atoms. The van der Waals surface area contributed by atoms with Gasteiger partial charge in [-0.15, -0.1) is 0 Å². The third-order valence-corrected chi connectivity index (χ3v) is 5.38. The van der Waals surface area contributed by atoms with Crippen molar-refractivity contribution in [3.8, 4) is 0 Å². The van der Waals surface area contributed by atoms with E-state index in [1.165, 1.54) is 24.3 Å². The van der Waals surface area contributed by atoms with Crippen LogP contribution in [0.1, 0.15) is 23.2 Å². The van der Waals surface area contributed by atoms with Crippen molar-refractivity contribution in [3.05, 3.63) is 66.2 Å². The Hall–Kier alpha value is -2.06. The number of rotatable bonds is 3. The van der Waals surface area contributed by atoms with Gasteiger partial charge in [0.1, 0.15) is 16.7 Å². The van der Waals surface area contributed by atoms with Gasteiger partial charge in [0.05, 0.1) is 25.5 Å². The number of quaternary nitrogens is 1. The van der Waals surface area contributed by atoms with Crippen molar-refractivity contribution in [2.45, 2.75) is 23.3 Å². The summed E-state index contributed by atoms with van der Waals surface area (Å²) in [5, 5.41) is 10.6. The normalized spacial score (nSPS) is 21.6. The smallest absolute Gasteiger partial charge is 0.200 e. The number of ketones is 1. The van der Waals surface area contributed by atoms with Gasteiger partial charge < -0.3 is 14.1 Å². The zero-order valence-electron chi connectivity index (χ0n) is 15.5. The van der Waals surface area contributed by atoms with E-state index in [4.69, 9.17) is 0 Å². The Morgan fingerprint density at radius 3 is 2.00 bits per heavy atom. The number of hydrogen-bond acceptors (Lipinski definition) is 5. The highest BCUT2D eigenvalue weighted by molar-refractivity contribution is 7.85. The van der Waals surface area contributed by atoms with E-state index >= 15 is 0 Å². The zero-order valence-corrected chi connectivity index (χ0v) is 16.4. The Labute approximate surface area is 160 Å². The molecule has 3 rings (SSSR count). The molecule has 1 atom stereocenters. The third kappa shape index (κ3) is 5.97. The molecule has 0 spiro atoms. The summed E-state index contributed by atoms with van der Waals surface area (Å²) in [6, 6.07) is 16.3. The standard InChI is InChI=1S/C14H20NO2.C6H6O3S/c1-15(2)10-6-9-14(17,11-15)13(16)12-7-4-3-5-8-12;7-10(8,9)6-4-2-1-3-5-6/h3-5,7-8,17H,6,9-11H2,1-2H3;1-5H,(H,7,8,9)/q+1;/p-1. The summed E-state index contributed by atoms with van der Waals surface area (Å²) in [6.07, 6.45) is 1.46. The average Bonchev–Trinajstić information content (AvgIpc) is 2.61. The number of likely N-dealkylation sites (N-methyl/N-ethyl adjacent to an activating group) is 1. The van der Waals surface area contributed by atoms with Gasteiger partial charge in [0.15, 0.2) is 11.4 Å². The summed E-state index contributed by atoms with van der Waals surface area (Å²) in [6.45, 7) is 1.52. The minimum absolute atomic E-state index is 0.135. The molecule has 0 amide bonds. The van der Waals surface area contributed by atoms with Crippen LogP contribution in [0.3, 0.4) is 0 Å². The number of hydrogen-bond donors (Lipinski definition) is 1. The van der Waals surface area contributed by atoms with E-state index in [1.54, 1.807) is 18.2 Å². The highest BCUT2D eigenvalue weighted by atomic mass is 32.2. The van der Waals surface area contributed by atoms with Crippen molar-refractivity contribution in [1.29, 1.82) is 0 Å². The molecule has 1 aliphatic heterocycles. The highest BCUT2D eigenvalue weighted by Crippen LogP contribution is 2.27. The lowest BCUT2D eigenvalue weighted by atomic mass is 9.84. The van der Waals surface area contributed by atoms with Crippen LogP contribution in [0.2, 0.25) is 0 Å². The minimum Gasteiger partial charge on any atom is -0.744 e. The summed E-state index contributed by atoms with van der Waals surface area (Å²) in [4.78, 5) is 12.2. The molecule has 146 valence electrons. The Kier molecular flexibility index (Phi) is 6.54. The third-order valence-electron chi connectivity index (χ3n) is 4.53. The first kappa shape index (κ1) is 21.2. The zero-order chi connectivity index (χ0) is 20.1. The van der Waals surface area contributed by atoms with Crippen LogP contribution in [0.15, 0.2) is 65.6 Å². The predicted octanol–water partition coefficient (Wildman–Crippen LogP) is 2.06. The molecule has 1 fully saturated rings. The van der Waals surface area contributed by atoms with Crippen molar-refractivity contribution in [2.75, 3.05) is 27.2 Å². The molecule has 0 radical (unpaired) electrons. The van der Waals surface area contributed by atoms with Gasteiger partial charge in [-0.05, 0) is 25.0 Å². The van der Waals surface area contributed by atoms with Crippen LogP contribution >= 0.6 is 0 Å². The van der Waals surface area contributed by atoms with Gasteiger partial charge in [-0.1, -0.05) is 48.5 Å². The van der Waals surface area contributed by atoms with Gasteiger partial charge in [0, 0.05) is 5.56 Å². The molecular weight excluding hydrogens is 366 g/mol. The summed E-state index contributed by atoms with van der Waals surface area (Å²) < 4.78 is 31.5. The molecule has 2 aromatic carbocycles. The van der Waals surface area contributed by atoms with Crippen molar-refractivity contribution in [3.63, 3.8) is 0 Å². The molecule has 7 heteroatoms. The quantitative estimate of drug-likeness (QED) is 0.491. The fourth-order valence-corrected chi connectivity index (χ4v) is 3.79. The molecule has 1 unspecified atom stereocenters. The van der Waals surface area contributed by atoms with Crippen molar-refractivity contribution in [1.82, 2.24) is 0 Å². The second-order valence-corrected chi connectivity index (χ2v) is 8.79. The Balaban J connectivity index is 0.000000223. The summed E-state index contributed by atoms with van der Waals surface area (Å²) in [7, 11) is -0.137. The lowest BCUT2D eigenvalue weighted by Gasteiger charge is -2.42. The molecule has 1 aliphatic rings. The Morgan fingerprint density at radius 1 is 1.04 bits per heavy atom. The Morgan fingerprint density at radius 2 is 1.56 bits per heavy atom. The summed E-state index contributed by atoms with van der Waals surface area (Å²) in [5.74, 6) is -0.135. The van der Waals surface area contributed by atoms with Crippen molar-refractivity contribution in [2.24, 2.45) is 0 Å². The monoisotopic (exact) mass is 391 g/mol. The lowest BCUT2D eigenvalue weighted by Crippen LogP contribution is -2.59. The number of likely N-dealkylation sites (tertiary alicyclic amines) is 1. The van der Waals surface area contributed by atoms with E-state index in [2.05, 4.69) is 14.1 Å². The number of Topliss-reactive ketones (excluding diaryl/α,β-unsaturated/α-hetero) is 1. The van der Waals surface area contributed by atoms with Crippen molar-refractivity contribution >= 4 is 15.9 Å². The van der Waals surface area contributed by atoms with Gasteiger partial charge in [0.2, 0.25) is 0 Å². The van der Waals surface area contributed by atoms with E-state index in [0.29, 0.717) is 23.0 Å².